The van der Waals surface area contributed by atoms with Crippen molar-refractivity contribution in [2.75, 3.05) is 44.2 Å². The zero-order chi connectivity index (χ0) is 36.6. The molecule has 0 bridgehead atoms. The second kappa shape index (κ2) is 14.7. The Hall–Kier alpha value is -5.08. The number of carbonyl (C=O) groups excluding carboxylic acids is 4. The molecule has 2 saturated heterocycles. The van der Waals surface area contributed by atoms with Gasteiger partial charge in [0.15, 0.2) is 5.75 Å². The van der Waals surface area contributed by atoms with Gasteiger partial charge in [0, 0.05) is 59.4 Å². The van der Waals surface area contributed by atoms with Crippen molar-refractivity contribution < 1.29 is 33.8 Å². The monoisotopic (exact) mass is 794 g/mol. The fourth-order valence-electron chi connectivity index (χ4n) is 6.99. The number of rotatable bonds is 10. The molecular weight excluding hydrogens is 760 g/mol. The SMILES string of the molecule is O=C1CCC(N2C(=O)c3ccc(N4CCN(CCOCc5ccc(Oc6c(-c7ccc(Br)cc7)sc7cc(O)ccc67)cc5)CC4)cc3C2=O)C(=O)N1. The van der Waals surface area contributed by atoms with Gasteiger partial charge in [0.1, 0.15) is 17.5 Å². The second-order valence-electron chi connectivity index (χ2n) is 13.3. The molecule has 3 aliphatic heterocycles. The molecule has 4 heterocycles. The molecule has 5 aromatic rings. The standard InChI is InChI=1S/C40H35BrN4O7S/c41-26-5-3-25(4-6-26)37-36(31-12-8-28(46)22-34(31)53-37)52-29-9-1-24(2-10-29)23-51-20-19-43-15-17-44(18-16-43)27-7-11-30-32(21-27)40(50)45(39(30)49)33-13-14-35(47)42-38(33)48/h1-12,21-22,33,46H,13-20,23H2,(H,42,47,48). The van der Waals surface area contributed by atoms with Crippen LogP contribution >= 0.6 is 27.3 Å². The van der Waals surface area contributed by atoms with Gasteiger partial charge in [-0.3, -0.25) is 34.3 Å². The van der Waals surface area contributed by atoms with Gasteiger partial charge in [0.2, 0.25) is 11.8 Å². The van der Waals surface area contributed by atoms with Gasteiger partial charge in [-0.2, -0.15) is 0 Å². The maximum atomic E-state index is 13.3. The molecule has 0 saturated carbocycles. The van der Waals surface area contributed by atoms with Gasteiger partial charge in [0.05, 0.1) is 29.2 Å². The lowest BCUT2D eigenvalue weighted by Gasteiger charge is -2.36. The minimum atomic E-state index is -0.977. The van der Waals surface area contributed by atoms with Crippen LogP contribution in [-0.2, 0) is 20.9 Å². The van der Waals surface area contributed by atoms with E-state index in [4.69, 9.17) is 9.47 Å². The molecule has 0 spiro atoms. The van der Waals surface area contributed by atoms with Crippen LogP contribution in [-0.4, -0.2) is 83.9 Å². The van der Waals surface area contributed by atoms with E-state index < -0.39 is 29.7 Å². The number of fused-ring (bicyclic) bond motifs is 2. The average molecular weight is 796 g/mol. The number of carbonyl (C=O) groups is 4. The van der Waals surface area contributed by atoms with Crippen LogP contribution in [0.15, 0.2) is 89.4 Å². The highest BCUT2D eigenvalue weighted by Gasteiger charge is 2.44. The summed E-state index contributed by atoms with van der Waals surface area (Å²) in [6, 6.07) is 25.6. The van der Waals surface area contributed by atoms with E-state index in [9.17, 15) is 24.3 Å². The van der Waals surface area contributed by atoms with Crippen LogP contribution in [0.5, 0.6) is 17.2 Å². The molecule has 0 radical (unpaired) electrons. The van der Waals surface area contributed by atoms with E-state index in [1.165, 1.54) is 0 Å². The summed E-state index contributed by atoms with van der Waals surface area (Å²) in [7, 11) is 0. The Labute approximate surface area is 317 Å². The van der Waals surface area contributed by atoms with Gasteiger partial charge in [0.25, 0.3) is 11.8 Å². The normalized spacial score (nSPS) is 17.8. The fourth-order valence-corrected chi connectivity index (χ4v) is 8.43. The molecular formula is C40H35BrN4O7S. The molecule has 1 aromatic heterocycles. The molecule has 4 aromatic carbocycles. The number of phenols is 1. The molecule has 4 amide bonds. The first-order valence-electron chi connectivity index (χ1n) is 17.4. The quantitative estimate of drug-likeness (QED) is 0.119. The Morgan fingerprint density at radius 1 is 0.849 bits per heavy atom. The summed E-state index contributed by atoms with van der Waals surface area (Å²) in [4.78, 5) is 56.8. The summed E-state index contributed by atoms with van der Waals surface area (Å²) in [5, 5.41) is 13.2. The number of hydrogen-bond acceptors (Lipinski definition) is 10. The van der Waals surface area contributed by atoms with Crippen molar-refractivity contribution in [3.05, 3.63) is 106 Å². The molecule has 13 heteroatoms. The van der Waals surface area contributed by atoms with E-state index in [2.05, 4.69) is 31.0 Å². The predicted octanol–water partition coefficient (Wildman–Crippen LogP) is 6.57. The van der Waals surface area contributed by atoms with Crippen LogP contribution in [0.25, 0.3) is 20.5 Å². The molecule has 2 N–H and O–H groups in total. The molecule has 1 unspecified atom stereocenters. The van der Waals surface area contributed by atoms with E-state index in [1.54, 1.807) is 35.6 Å². The number of piperidine rings is 1. The molecule has 3 aliphatic rings. The zero-order valence-corrected chi connectivity index (χ0v) is 31.0. The largest absolute Gasteiger partial charge is 0.508 e. The van der Waals surface area contributed by atoms with E-state index in [0.717, 1.165) is 79.6 Å². The van der Waals surface area contributed by atoms with Gasteiger partial charge in [-0.05, 0) is 78.2 Å². The third-order valence-electron chi connectivity index (χ3n) is 9.86. The van der Waals surface area contributed by atoms with E-state index in [0.29, 0.717) is 24.5 Å². The zero-order valence-electron chi connectivity index (χ0n) is 28.5. The minimum absolute atomic E-state index is 0.0881. The van der Waals surface area contributed by atoms with Gasteiger partial charge in [-0.15, -0.1) is 11.3 Å². The molecule has 270 valence electrons. The van der Waals surface area contributed by atoms with Crippen LogP contribution in [0.1, 0.15) is 39.1 Å². The number of imide groups is 2. The number of thiophene rings is 1. The van der Waals surface area contributed by atoms with Gasteiger partial charge >= 0.3 is 0 Å². The third kappa shape index (κ3) is 7.17. The number of piperazine rings is 1. The lowest BCUT2D eigenvalue weighted by Crippen LogP contribution is -2.54. The molecule has 1 atom stereocenters. The number of benzene rings is 4. The topological polar surface area (TPSA) is 129 Å². The highest BCUT2D eigenvalue weighted by Crippen LogP contribution is 2.47. The summed E-state index contributed by atoms with van der Waals surface area (Å²) in [6.07, 6.45) is 0.220. The summed E-state index contributed by atoms with van der Waals surface area (Å²) in [6.45, 7) is 4.98. The van der Waals surface area contributed by atoms with E-state index >= 15 is 0 Å². The number of halogens is 1. The van der Waals surface area contributed by atoms with Crippen LogP contribution in [0.4, 0.5) is 5.69 Å². The van der Waals surface area contributed by atoms with Crippen molar-refractivity contribution >= 4 is 66.7 Å². The lowest BCUT2D eigenvalue weighted by atomic mass is 10.0. The number of hydrogen-bond donors (Lipinski definition) is 2. The Balaban J connectivity index is 0.821. The molecule has 0 aliphatic carbocycles. The first-order chi connectivity index (χ1) is 25.7. The van der Waals surface area contributed by atoms with Gasteiger partial charge < -0.3 is 19.5 Å². The summed E-state index contributed by atoms with van der Waals surface area (Å²) in [5.41, 5.74) is 3.50. The first kappa shape index (κ1) is 35.0. The highest BCUT2D eigenvalue weighted by atomic mass is 79.9. The van der Waals surface area contributed by atoms with Gasteiger partial charge in [-0.25, -0.2) is 0 Å². The average Bonchev–Trinajstić information content (AvgIpc) is 3.63. The number of nitrogens with zero attached hydrogens (tertiary/aromatic N) is 3. The van der Waals surface area contributed by atoms with E-state index in [1.807, 2.05) is 60.7 Å². The fraction of sp³-hybridized carbons (Fsp3) is 0.250. The number of amides is 4. The number of anilines is 1. The van der Waals surface area contributed by atoms with Crippen molar-refractivity contribution in [3.63, 3.8) is 0 Å². The van der Waals surface area contributed by atoms with E-state index in [-0.39, 0.29) is 24.2 Å². The van der Waals surface area contributed by atoms with Crippen molar-refractivity contribution in [1.82, 2.24) is 15.1 Å². The van der Waals surface area contributed by atoms with Crippen LogP contribution in [0, 0.1) is 0 Å². The van der Waals surface area contributed by atoms with Crippen molar-refractivity contribution in [2.24, 2.45) is 0 Å². The Morgan fingerprint density at radius 3 is 2.36 bits per heavy atom. The molecule has 8 rings (SSSR count). The number of aromatic hydroxyl groups is 1. The van der Waals surface area contributed by atoms with Gasteiger partial charge in [-0.1, -0.05) is 40.2 Å². The van der Waals surface area contributed by atoms with Crippen molar-refractivity contribution in [2.45, 2.75) is 25.5 Å². The maximum absolute atomic E-state index is 13.3. The Morgan fingerprint density at radius 2 is 1.60 bits per heavy atom. The summed E-state index contributed by atoms with van der Waals surface area (Å²) in [5.74, 6) is -0.319. The molecule has 11 nitrogen and oxygen atoms in total. The summed E-state index contributed by atoms with van der Waals surface area (Å²) < 4.78 is 14.4. The van der Waals surface area contributed by atoms with Crippen molar-refractivity contribution in [3.8, 4) is 27.7 Å². The van der Waals surface area contributed by atoms with Crippen LogP contribution in [0.3, 0.4) is 0 Å². The Kier molecular flexibility index (Phi) is 9.73. The molecule has 53 heavy (non-hydrogen) atoms. The van der Waals surface area contributed by atoms with Crippen molar-refractivity contribution in [1.29, 1.82) is 0 Å². The van der Waals surface area contributed by atoms with Crippen LogP contribution in [0.2, 0.25) is 0 Å². The third-order valence-corrected chi connectivity index (χ3v) is 11.6. The Bertz CT molecular complexity index is 2230. The smallest absolute Gasteiger partial charge is 0.262 e. The first-order valence-corrected chi connectivity index (χ1v) is 19.0. The minimum Gasteiger partial charge on any atom is -0.508 e. The highest BCUT2D eigenvalue weighted by molar-refractivity contribution is 9.10. The number of ether oxygens (including phenoxy) is 2. The summed E-state index contributed by atoms with van der Waals surface area (Å²) >= 11 is 5.09. The number of nitrogens with one attached hydrogen (secondary N) is 1. The second-order valence-corrected chi connectivity index (χ2v) is 15.2. The molecule has 2 fully saturated rings. The lowest BCUT2D eigenvalue weighted by molar-refractivity contribution is -0.136. The number of phenolic OH excluding ortho intramolecular Hbond substituents is 1. The maximum Gasteiger partial charge on any atom is 0.262 e. The predicted molar refractivity (Wildman–Crippen MR) is 205 cm³/mol. The van der Waals surface area contributed by atoms with Crippen LogP contribution < -0.4 is 15.0 Å².